The number of phenolic OH excluding ortho intramolecular Hbond substituents is 2. The second-order valence-corrected chi connectivity index (χ2v) is 37.1. The summed E-state index contributed by atoms with van der Waals surface area (Å²) < 4.78 is 43.9. The summed E-state index contributed by atoms with van der Waals surface area (Å²) >= 11 is 0. The smallest absolute Gasteiger partial charge is 0.237 e. The molecule has 0 aliphatic heterocycles. The van der Waals surface area contributed by atoms with Crippen LogP contribution in [0.5, 0.6) is 23.0 Å². The highest BCUT2D eigenvalue weighted by atomic mass is 19.1. The lowest BCUT2D eigenvalue weighted by Crippen LogP contribution is -2.25. The van der Waals surface area contributed by atoms with Crippen LogP contribution in [0, 0.1) is 62.4 Å². The first-order valence-electron chi connectivity index (χ1n) is 35.5. The van der Waals surface area contributed by atoms with Crippen molar-refractivity contribution in [3.8, 4) is 56.6 Å². The molecule has 2 atom stereocenters. The van der Waals surface area contributed by atoms with E-state index in [0.717, 1.165) is 67.6 Å². The zero-order chi connectivity index (χ0) is 72.6. The second-order valence-electron chi connectivity index (χ2n) is 37.1. The van der Waals surface area contributed by atoms with Gasteiger partial charge in [-0.2, -0.15) is 0 Å². The molecule has 0 bridgehead atoms. The van der Waals surface area contributed by atoms with Crippen molar-refractivity contribution in [3.63, 3.8) is 0 Å². The van der Waals surface area contributed by atoms with Gasteiger partial charge in [0, 0.05) is 55.6 Å². The highest BCUT2D eigenvalue weighted by Crippen LogP contribution is 2.53. The van der Waals surface area contributed by atoms with E-state index in [1.54, 1.807) is 24.3 Å². The number of hydrogen-bond donors (Lipinski definition) is 2. The summed E-state index contributed by atoms with van der Waals surface area (Å²) in [6.45, 7) is 58.3. The molecule has 0 saturated heterocycles. The molecule has 2 heterocycles. The van der Waals surface area contributed by atoms with Crippen molar-refractivity contribution in [2.24, 2.45) is 22.7 Å². The van der Waals surface area contributed by atoms with E-state index >= 15 is 8.78 Å². The average Bonchev–Trinajstić information content (AvgIpc) is 1.53. The molecule has 0 aliphatic carbocycles. The number of fused-ring (bicyclic) bond motifs is 6. The number of nitrogens with zero attached hydrogens (tertiary/aromatic N) is 2. The Balaban J connectivity index is 1.09. The molecule has 522 valence electrons. The maximum atomic E-state index is 16.6. The van der Waals surface area contributed by atoms with Crippen molar-refractivity contribution in [1.82, 2.24) is 9.13 Å². The summed E-state index contributed by atoms with van der Waals surface area (Å²) in [6, 6.07) is 41.6. The lowest BCUT2D eigenvalue weighted by molar-refractivity contribution is -0.0411. The van der Waals surface area contributed by atoms with E-state index in [1.807, 2.05) is 13.8 Å². The molecule has 6 nitrogen and oxygen atoms in total. The summed E-state index contributed by atoms with van der Waals surface area (Å²) in [5.74, 6) is 0.329. The van der Waals surface area contributed by atoms with Gasteiger partial charge in [0.15, 0.2) is 13.2 Å². The van der Waals surface area contributed by atoms with Crippen LogP contribution in [0.4, 0.5) is 8.78 Å². The second kappa shape index (κ2) is 25.2. The maximum Gasteiger partial charge on any atom is 0.237 e. The summed E-state index contributed by atoms with van der Waals surface area (Å²) in [7, 11) is 9.37. The van der Waals surface area contributed by atoms with Gasteiger partial charge in [0.05, 0.1) is 44.6 Å². The third kappa shape index (κ3) is 14.4. The van der Waals surface area contributed by atoms with Gasteiger partial charge in [0.2, 0.25) is 11.5 Å². The van der Waals surface area contributed by atoms with Crippen molar-refractivity contribution < 1.29 is 27.7 Å². The molecule has 0 saturated carbocycles. The zero-order valence-electron chi connectivity index (χ0n) is 64.3. The van der Waals surface area contributed by atoms with Crippen LogP contribution < -0.4 is 0 Å². The van der Waals surface area contributed by atoms with Crippen molar-refractivity contribution in [2.45, 2.75) is 225 Å². The number of aryl methyl sites for hydroxylation is 2. The monoisotopic (exact) mass is 1320 g/mol. The Morgan fingerprint density at radius 2 is 0.633 bits per heavy atom. The molecule has 0 amide bonds. The van der Waals surface area contributed by atoms with Gasteiger partial charge < -0.3 is 28.1 Å². The number of phenols is 2. The molecule has 0 radical (unpaired) electrons. The Bertz CT molecular complexity index is 4280. The SMILES string of the molecule is [CH2-][O+](CC(C)C(C)C[O+]([CH2-])c1c(C)cc(F)cc1-c1cc(C(C)(C)CC(C)(C)C)cc(-n2c3cc(C(C)(C)C)ccc3c3ccc(C(C)(C)C)cc32)c1O)c1c(C)cc(F)cc1-c1cc(C(C)(C)CC(C)(C)C)cc(-n2c3cc(C(C)(C)C)ccc3c3ccc(C(C)(C)C)cc32)c1O. The Kier molecular flexibility index (Phi) is 18.8. The summed E-state index contributed by atoms with van der Waals surface area (Å²) in [6.07, 6.45) is 1.67. The number of halogens is 2. The first kappa shape index (κ1) is 73.1. The normalized spacial score (nSPS) is 14.0. The van der Waals surface area contributed by atoms with Gasteiger partial charge in [0.1, 0.15) is 23.1 Å². The van der Waals surface area contributed by atoms with E-state index in [9.17, 15) is 10.2 Å². The lowest BCUT2D eigenvalue weighted by atomic mass is 9.71. The van der Waals surface area contributed by atoms with E-state index in [-0.39, 0.29) is 55.8 Å². The molecule has 8 heteroatoms. The molecule has 2 N–H and O–H groups in total. The van der Waals surface area contributed by atoms with Gasteiger partial charge in [0.25, 0.3) is 0 Å². The number of benzene rings is 8. The maximum absolute atomic E-state index is 16.6. The molecule has 2 unspecified atom stereocenters. The molecule has 0 fully saturated rings. The first-order valence-corrected chi connectivity index (χ1v) is 35.5. The van der Waals surface area contributed by atoms with Crippen LogP contribution in [0.15, 0.2) is 121 Å². The van der Waals surface area contributed by atoms with Crippen LogP contribution in [0.2, 0.25) is 0 Å². The molecule has 98 heavy (non-hydrogen) atoms. The standard InChI is InChI=1S/C90H114F2N2O4/c1-53-37-63(91)47-71(69-39-61(89(23,24)51-83(5,6)7)45-77(79(69)95)93-73-41-57(85(11,12)13)29-33-65(73)66-34-30-58(42-74(66)93)86(14,15)16)81(53)97(27)49-55(3)56(4)50-98(28)82-54(2)38-64(92)48-72(82)70-40-62(90(25,26)52-84(8,9)10)46-78(80(70)96)94-75-43-59(87(17,18)19)31-35-67(75)68-36-32-60(44-76(68)94)88(20,21)22/h29-48,55-56,95-96H,27-28,49-52H2,1-26H3. The number of rotatable bonds is 15. The molecule has 8 aromatic carbocycles. The number of aromatic hydroxyl groups is 2. The van der Waals surface area contributed by atoms with E-state index in [2.05, 4.69) is 295 Å². The van der Waals surface area contributed by atoms with E-state index in [4.69, 9.17) is 0 Å². The van der Waals surface area contributed by atoms with E-state index < -0.39 is 22.5 Å². The van der Waals surface area contributed by atoms with Gasteiger partial charge in [-0.25, -0.2) is 8.78 Å². The van der Waals surface area contributed by atoms with Crippen LogP contribution in [-0.2, 0) is 41.2 Å². The molecular formula is C90H114F2N2O4. The van der Waals surface area contributed by atoms with Gasteiger partial charge in [-0.15, -0.1) is 0 Å². The van der Waals surface area contributed by atoms with E-state index in [0.29, 0.717) is 69.5 Å². The van der Waals surface area contributed by atoms with E-state index in [1.165, 1.54) is 22.3 Å². The number of aromatic nitrogens is 2. The Morgan fingerprint density at radius 1 is 0.367 bits per heavy atom. The zero-order valence-corrected chi connectivity index (χ0v) is 64.3. The Hall–Kier alpha value is -7.58. The Morgan fingerprint density at radius 3 is 0.878 bits per heavy atom. The molecular weight excluding hydrogens is 1210 g/mol. The molecule has 10 rings (SSSR count). The van der Waals surface area contributed by atoms with Crippen molar-refractivity contribution in [1.29, 1.82) is 0 Å². The highest BCUT2D eigenvalue weighted by molar-refractivity contribution is 6.11. The van der Waals surface area contributed by atoms with Gasteiger partial charge in [-0.05, 0) is 190 Å². The van der Waals surface area contributed by atoms with Crippen LogP contribution in [-0.4, -0.2) is 32.6 Å². The van der Waals surface area contributed by atoms with Crippen LogP contribution >= 0.6 is 0 Å². The lowest BCUT2D eigenvalue weighted by Gasteiger charge is -2.38. The first-order chi connectivity index (χ1) is 45.0. The van der Waals surface area contributed by atoms with Crippen molar-refractivity contribution in [3.05, 3.63) is 192 Å². The van der Waals surface area contributed by atoms with Crippen molar-refractivity contribution >= 4 is 43.6 Å². The van der Waals surface area contributed by atoms with Crippen molar-refractivity contribution in [2.75, 3.05) is 13.2 Å². The van der Waals surface area contributed by atoms with Gasteiger partial charge in [-0.3, -0.25) is 0 Å². The highest BCUT2D eigenvalue weighted by Gasteiger charge is 2.36. The topological polar surface area (TPSA) is 55.7 Å². The summed E-state index contributed by atoms with van der Waals surface area (Å²) in [5.41, 5.74) is 13.7. The predicted octanol–water partition coefficient (Wildman–Crippen LogP) is 26.2. The number of hydrogen-bond acceptors (Lipinski definition) is 2. The third-order valence-corrected chi connectivity index (χ3v) is 20.7. The van der Waals surface area contributed by atoms with Crippen LogP contribution in [0.3, 0.4) is 0 Å². The third-order valence-electron chi connectivity index (χ3n) is 20.7. The minimum Gasteiger partial charge on any atom is -0.711 e. The predicted molar refractivity (Wildman–Crippen MR) is 414 cm³/mol. The summed E-state index contributed by atoms with van der Waals surface area (Å²) in [4.78, 5) is 0. The molecule has 2 aromatic heterocycles. The minimum absolute atomic E-state index is 0.0403. The fraction of sp³-hybridized carbons (Fsp3) is 0.444. The molecule has 10 aromatic rings. The quantitative estimate of drug-likeness (QED) is 0.0794. The van der Waals surface area contributed by atoms with Gasteiger partial charge >= 0.3 is 0 Å². The van der Waals surface area contributed by atoms with Crippen LogP contribution in [0.25, 0.3) is 77.2 Å². The molecule has 0 aliphatic rings. The summed E-state index contributed by atoms with van der Waals surface area (Å²) in [5, 5.41) is 31.2. The average molecular weight is 1330 g/mol. The largest absolute Gasteiger partial charge is 0.711 e. The molecule has 0 spiro atoms. The Labute approximate surface area is 586 Å². The van der Waals surface area contributed by atoms with Crippen LogP contribution in [0.1, 0.15) is 224 Å². The van der Waals surface area contributed by atoms with Gasteiger partial charge in [-0.1, -0.05) is 215 Å². The fourth-order valence-electron chi connectivity index (χ4n) is 15.8. The minimum atomic E-state index is -0.422. The fourth-order valence-corrected chi connectivity index (χ4v) is 15.8.